The van der Waals surface area contributed by atoms with Crippen molar-refractivity contribution in [2.75, 3.05) is 23.2 Å². The van der Waals surface area contributed by atoms with Gasteiger partial charge in [-0.15, -0.1) is 0 Å². The average molecular weight is 431 g/mol. The largest absolute Gasteiger partial charge is 0.405 e. The molecule has 2 aromatic rings. The predicted molar refractivity (Wildman–Crippen MR) is 97.8 cm³/mol. The van der Waals surface area contributed by atoms with Gasteiger partial charge >= 0.3 is 6.18 Å². The highest BCUT2D eigenvalue weighted by atomic mass is 32.2. The molecular weight excluding hydrogens is 415 g/mol. The Morgan fingerprint density at radius 1 is 1.00 bits per heavy atom. The van der Waals surface area contributed by atoms with Crippen LogP contribution in [0.5, 0.6) is 0 Å². The highest BCUT2D eigenvalue weighted by molar-refractivity contribution is 7.92. The summed E-state index contributed by atoms with van der Waals surface area (Å²) in [5.74, 6) is -1.67. The fourth-order valence-corrected chi connectivity index (χ4v) is 3.19. The number of rotatable bonds is 7. The first kappa shape index (κ1) is 22.2. The van der Waals surface area contributed by atoms with Crippen molar-refractivity contribution in [2.24, 2.45) is 0 Å². The zero-order chi connectivity index (χ0) is 21.7. The molecule has 0 aliphatic rings. The van der Waals surface area contributed by atoms with Gasteiger partial charge in [-0.25, -0.2) is 8.42 Å². The molecule has 2 rings (SSSR count). The summed E-state index contributed by atoms with van der Waals surface area (Å²) in [5.41, 5.74) is 0.232. The molecule has 0 aromatic heterocycles. The summed E-state index contributed by atoms with van der Waals surface area (Å²) < 4.78 is 63.6. The molecule has 2 amide bonds. The third kappa shape index (κ3) is 6.76. The maximum Gasteiger partial charge on any atom is 0.405 e. The second-order valence-corrected chi connectivity index (χ2v) is 7.40. The van der Waals surface area contributed by atoms with Gasteiger partial charge in [-0.3, -0.25) is 14.3 Å². The monoisotopic (exact) mass is 431 g/mol. The number of amides is 2. The quantitative estimate of drug-likeness (QED) is 0.531. The number of halogens is 3. The standard InChI is InChI=1S/C17H16F3N3O5S/c18-17(19,20)10-21-16(26)11-4-6-14(7-5-11)29(27,28)23-13-3-1-2-12(8-13)22-15(25)9-24/h1-8,23-24H,9-10H2,(H,21,26)(H,22,25). The summed E-state index contributed by atoms with van der Waals surface area (Å²) in [7, 11) is -4.07. The van der Waals surface area contributed by atoms with Crippen molar-refractivity contribution in [1.82, 2.24) is 5.32 Å². The summed E-state index contributed by atoms with van der Waals surface area (Å²) >= 11 is 0. The number of carbonyl (C=O) groups is 2. The molecule has 29 heavy (non-hydrogen) atoms. The number of aliphatic hydroxyl groups excluding tert-OH is 1. The van der Waals surface area contributed by atoms with Crippen molar-refractivity contribution in [3.8, 4) is 0 Å². The van der Waals surface area contributed by atoms with Crippen LogP contribution in [0.15, 0.2) is 53.4 Å². The van der Waals surface area contributed by atoms with Crippen LogP contribution in [0.2, 0.25) is 0 Å². The number of aliphatic hydroxyl groups is 1. The number of nitrogens with one attached hydrogen (secondary N) is 3. The fourth-order valence-electron chi connectivity index (χ4n) is 2.14. The predicted octanol–water partition coefficient (Wildman–Crippen LogP) is 1.71. The first-order valence-electron chi connectivity index (χ1n) is 7.99. The van der Waals surface area contributed by atoms with Crippen LogP contribution in [-0.2, 0) is 14.8 Å². The number of hydrogen-bond donors (Lipinski definition) is 4. The van der Waals surface area contributed by atoms with Gasteiger partial charge in [0.2, 0.25) is 5.91 Å². The van der Waals surface area contributed by atoms with Crippen LogP contribution in [0, 0.1) is 0 Å². The van der Waals surface area contributed by atoms with Crippen molar-refractivity contribution in [3.63, 3.8) is 0 Å². The summed E-state index contributed by atoms with van der Waals surface area (Å²) in [5, 5.41) is 12.8. The Kier molecular flexibility index (Phi) is 6.82. The van der Waals surface area contributed by atoms with Gasteiger partial charge in [0.05, 0.1) is 10.6 Å². The van der Waals surface area contributed by atoms with E-state index in [0.717, 1.165) is 24.3 Å². The molecule has 0 saturated heterocycles. The molecule has 2 aromatic carbocycles. The van der Waals surface area contributed by atoms with E-state index >= 15 is 0 Å². The number of sulfonamides is 1. The first-order valence-corrected chi connectivity index (χ1v) is 9.47. The maximum atomic E-state index is 12.4. The molecule has 0 unspecified atom stereocenters. The van der Waals surface area contributed by atoms with Crippen LogP contribution in [0.1, 0.15) is 10.4 Å². The SMILES string of the molecule is O=C(CO)Nc1cccc(NS(=O)(=O)c2ccc(C(=O)NCC(F)(F)F)cc2)c1. The van der Waals surface area contributed by atoms with E-state index < -0.39 is 41.2 Å². The Morgan fingerprint density at radius 3 is 2.21 bits per heavy atom. The Balaban J connectivity index is 2.11. The summed E-state index contributed by atoms with van der Waals surface area (Å²) in [6.07, 6.45) is -4.56. The Hall–Kier alpha value is -3.12. The zero-order valence-electron chi connectivity index (χ0n) is 14.7. The average Bonchev–Trinajstić information content (AvgIpc) is 2.65. The van der Waals surface area contributed by atoms with Crippen LogP contribution < -0.4 is 15.4 Å². The number of benzene rings is 2. The van der Waals surface area contributed by atoms with Gasteiger partial charge in [-0.2, -0.15) is 13.2 Å². The van der Waals surface area contributed by atoms with Gasteiger partial charge < -0.3 is 15.7 Å². The van der Waals surface area contributed by atoms with E-state index in [-0.39, 0.29) is 21.8 Å². The van der Waals surface area contributed by atoms with Crippen molar-refractivity contribution in [2.45, 2.75) is 11.1 Å². The van der Waals surface area contributed by atoms with Gasteiger partial charge in [-0.1, -0.05) is 6.07 Å². The van der Waals surface area contributed by atoms with Gasteiger partial charge in [0, 0.05) is 11.3 Å². The Labute approximate surface area is 163 Å². The molecule has 8 nitrogen and oxygen atoms in total. The number of alkyl halides is 3. The van der Waals surface area contributed by atoms with E-state index in [4.69, 9.17) is 5.11 Å². The van der Waals surface area contributed by atoms with E-state index in [2.05, 4.69) is 10.0 Å². The Bertz CT molecular complexity index is 992. The zero-order valence-corrected chi connectivity index (χ0v) is 15.5. The van der Waals surface area contributed by atoms with E-state index in [1.54, 1.807) is 5.32 Å². The van der Waals surface area contributed by atoms with Gasteiger partial charge in [-0.05, 0) is 42.5 Å². The molecule has 0 bridgehead atoms. The highest BCUT2D eigenvalue weighted by Crippen LogP contribution is 2.20. The summed E-state index contributed by atoms with van der Waals surface area (Å²) in [6, 6.07) is 10.0. The van der Waals surface area contributed by atoms with E-state index in [9.17, 15) is 31.2 Å². The lowest BCUT2D eigenvalue weighted by Gasteiger charge is -2.11. The minimum absolute atomic E-state index is 0.118. The topological polar surface area (TPSA) is 125 Å². The lowest BCUT2D eigenvalue weighted by Crippen LogP contribution is -2.33. The van der Waals surface area contributed by atoms with Crippen molar-refractivity contribution in [1.29, 1.82) is 0 Å². The third-order valence-corrected chi connectivity index (χ3v) is 4.82. The van der Waals surface area contributed by atoms with Crippen molar-refractivity contribution >= 4 is 33.2 Å². The maximum absolute atomic E-state index is 12.4. The highest BCUT2D eigenvalue weighted by Gasteiger charge is 2.28. The lowest BCUT2D eigenvalue weighted by molar-refractivity contribution is -0.123. The van der Waals surface area contributed by atoms with Crippen LogP contribution in [-0.4, -0.2) is 44.7 Å². The molecule has 0 aliphatic carbocycles. The molecule has 4 N–H and O–H groups in total. The van der Waals surface area contributed by atoms with Crippen LogP contribution in [0.4, 0.5) is 24.5 Å². The van der Waals surface area contributed by atoms with Gasteiger partial charge in [0.25, 0.3) is 15.9 Å². The lowest BCUT2D eigenvalue weighted by atomic mass is 10.2. The molecular formula is C17H16F3N3O5S. The summed E-state index contributed by atoms with van der Waals surface area (Å²) in [4.78, 5) is 22.6. The second-order valence-electron chi connectivity index (χ2n) is 5.71. The molecule has 0 aliphatic heterocycles. The minimum Gasteiger partial charge on any atom is -0.387 e. The molecule has 0 spiro atoms. The third-order valence-electron chi connectivity index (χ3n) is 3.42. The van der Waals surface area contributed by atoms with Gasteiger partial charge in [0.1, 0.15) is 13.2 Å². The molecule has 156 valence electrons. The van der Waals surface area contributed by atoms with Gasteiger partial charge in [0.15, 0.2) is 0 Å². The second kappa shape index (κ2) is 8.92. The fraction of sp³-hybridized carbons (Fsp3) is 0.176. The number of hydrogen-bond acceptors (Lipinski definition) is 5. The smallest absolute Gasteiger partial charge is 0.387 e. The normalized spacial score (nSPS) is 11.6. The minimum atomic E-state index is -4.56. The summed E-state index contributed by atoms with van der Waals surface area (Å²) in [6.45, 7) is -2.24. The molecule has 0 atom stereocenters. The number of carbonyl (C=O) groups excluding carboxylic acids is 2. The molecule has 0 saturated carbocycles. The van der Waals surface area contributed by atoms with Crippen molar-refractivity contribution < 1.29 is 36.3 Å². The van der Waals surface area contributed by atoms with Crippen LogP contribution in [0.3, 0.4) is 0 Å². The van der Waals surface area contributed by atoms with E-state index in [0.29, 0.717) is 0 Å². The Morgan fingerprint density at radius 2 is 1.62 bits per heavy atom. The van der Waals surface area contributed by atoms with Crippen LogP contribution >= 0.6 is 0 Å². The van der Waals surface area contributed by atoms with Crippen molar-refractivity contribution in [3.05, 3.63) is 54.1 Å². The van der Waals surface area contributed by atoms with Crippen LogP contribution in [0.25, 0.3) is 0 Å². The molecule has 12 heteroatoms. The first-order chi connectivity index (χ1) is 13.5. The molecule has 0 fully saturated rings. The molecule has 0 heterocycles. The number of anilines is 2. The molecule has 0 radical (unpaired) electrons. The van der Waals surface area contributed by atoms with E-state index in [1.807, 2.05) is 0 Å². The van der Waals surface area contributed by atoms with E-state index in [1.165, 1.54) is 24.3 Å².